The highest BCUT2D eigenvalue weighted by Gasteiger charge is 2.69. The number of esters is 1. The number of hydrogen-bond acceptors (Lipinski definition) is 4. The van der Waals surface area contributed by atoms with Gasteiger partial charge in [-0.05, 0) is 39.8 Å². The van der Waals surface area contributed by atoms with Crippen LogP contribution in [-0.4, -0.2) is 32.6 Å². The molecule has 144 valence electrons. The Kier molecular flexibility index (Phi) is 4.99. The molecule has 3 rings (SSSR count). The van der Waals surface area contributed by atoms with Crippen LogP contribution in [-0.2, 0) is 14.3 Å². The summed E-state index contributed by atoms with van der Waals surface area (Å²) in [5.74, 6) is -1.02. The van der Waals surface area contributed by atoms with E-state index in [4.69, 9.17) is 27.9 Å². The maximum Gasteiger partial charge on any atom is 0.315 e. The second-order valence-corrected chi connectivity index (χ2v) is 8.61. The third-order valence-electron chi connectivity index (χ3n) is 4.88. The number of aromatic nitrogens is 2. The Morgan fingerprint density at radius 2 is 1.81 bits per heavy atom. The molecule has 1 aromatic heterocycles. The number of alkyl halides is 2. The van der Waals surface area contributed by atoms with Gasteiger partial charge in [-0.15, -0.1) is 23.2 Å². The summed E-state index contributed by atoms with van der Waals surface area (Å²) in [4.78, 5) is 24.3. The number of anilines is 1. The molecule has 0 radical (unpaired) electrons. The van der Waals surface area contributed by atoms with Crippen LogP contribution in [0.25, 0.3) is 5.69 Å². The van der Waals surface area contributed by atoms with Crippen molar-refractivity contribution in [3.8, 4) is 5.69 Å². The number of carbonyl (C=O) groups excluding carboxylic acids is 2. The summed E-state index contributed by atoms with van der Waals surface area (Å²) in [6, 6.07) is 7.91. The molecule has 1 heterocycles. The van der Waals surface area contributed by atoms with Crippen molar-refractivity contribution in [2.45, 2.75) is 38.4 Å². The molecule has 6 nitrogen and oxygen atoms in total. The van der Waals surface area contributed by atoms with Gasteiger partial charge in [-0.2, -0.15) is 5.10 Å². The largest absolute Gasteiger partial charge is 0.455 e. The van der Waals surface area contributed by atoms with Crippen molar-refractivity contribution >= 4 is 40.8 Å². The van der Waals surface area contributed by atoms with E-state index in [1.807, 2.05) is 38.1 Å². The van der Waals surface area contributed by atoms with Crippen LogP contribution in [0, 0.1) is 26.2 Å². The minimum Gasteiger partial charge on any atom is -0.455 e. The molecule has 1 aliphatic rings. The minimum atomic E-state index is -1.12. The molecule has 2 aromatic rings. The fourth-order valence-corrected chi connectivity index (χ4v) is 3.54. The van der Waals surface area contributed by atoms with Gasteiger partial charge in [-0.25, -0.2) is 4.68 Å². The Morgan fingerprint density at radius 1 is 1.22 bits per heavy atom. The number of hydrogen-bond donors (Lipinski definition) is 1. The van der Waals surface area contributed by atoms with Gasteiger partial charge < -0.3 is 10.1 Å². The highest BCUT2D eigenvalue weighted by Crippen LogP contribution is 2.64. The van der Waals surface area contributed by atoms with Crippen molar-refractivity contribution in [1.82, 2.24) is 9.78 Å². The SMILES string of the molecule is Cc1ccc(-n2nc(C)c(NC(=O)COC(=O)C3(C)CC3(Cl)Cl)c2C)cc1. The molecule has 1 aliphatic carbocycles. The lowest BCUT2D eigenvalue weighted by atomic mass is 10.1. The second-order valence-electron chi connectivity index (χ2n) is 7.13. The Balaban J connectivity index is 1.66. The van der Waals surface area contributed by atoms with Crippen molar-refractivity contribution < 1.29 is 14.3 Å². The van der Waals surface area contributed by atoms with E-state index in [0.717, 1.165) is 16.9 Å². The van der Waals surface area contributed by atoms with Crippen LogP contribution in [0.5, 0.6) is 0 Å². The highest BCUT2D eigenvalue weighted by atomic mass is 35.5. The van der Waals surface area contributed by atoms with Crippen LogP contribution in [0.2, 0.25) is 0 Å². The van der Waals surface area contributed by atoms with Crippen molar-refractivity contribution in [3.05, 3.63) is 41.2 Å². The van der Waals surface area contributed by atoms with Crippen LogP contribution < -0.4 is 5.32 Å². The maximum atomic E-state index is 12.2. The third kappa shape index (κ3) is 3.69. The summed E-state index contributed by atoms with van der Waals surface area (Å²) in [5.41, 5.74) is 3.14. The number of nitrogens with zero attached hydrogens (tertiary/aromatic N) is 2. The van der Waals surface area contributed by atoms with E-state index in [0.29, 0.717) is 17.8 Å². The number of halogens is 2. The first-order valence-electron chi connectivity index (χ1n) is 8.53. The van der Waals surface area contributed by atoms with Crippen molar-refractivity contribution in [3.63, 3.8) is 0 Å². The van der Waals surface area contributed by atoms with E-state index in [2.05, 4.69) is 10.4 Å². The van der Waals surface area contributed by atoms with E-state index < -0.39 is 28.2 Å². The molecule has 0 aliphatic heterocycles. The predicted molar refractivity (Wildman–Crippen MR) is 105 cm³/mol. The summed E-state index contributed by atoms with van der Waals surface area (Å²) in [6.45, 7) is 6.89. The molecule has 1 fully saturated rings. The molecule has 0 spiro atoms. The molecule has 8 heteroatoms. The Morgan fingerprint density at radius 3 is 2.37 bits per heavy atom. The van der Waals surface area contributed by atoms with Gasteiger partial charge in [-0.3, -0.25) is 9.59 Å². The number of nitrogens with one attached hydrogen (secondary N) is 1. The molecular weight excluding hydrogens is 389 g/mol. The number of carbonyl (C=O) groups is 2. The van der Waals surface area contributed by atoms with Gasteiger partial charge in [0.15, 0.2) is 6.61 Å². The summed E-state index contributed by atoms with van der Waals surface area (Å²) in [5, 5.41) is 7.25. The molecule has 1 amide bonds. The van der Waals surface area contributed by atoms with E-state index in [-0.39, 0.29) is 0 Å². The Labute approximate surface area is 167 Å². The normalized spacial score (nSPS) is 20.2. The van der Waals surface area contributed by atoms with Crippen LogP contribution in [0.4, 0.5) is 5.69 Å². The van der Waals surface area contributed by atoms with Crippen LogP contribution in [0.1, 0.15) is 30.3 Å². The van der Waals surface area contributed by atoms with Crippen LogP contribution >= 0.6 is 23.2 Å². The third-order valence-corrected chi connectivity index (χ3v) is 5.98. The number of rotatable bonds is 5. The summed E-state index contributed by atoms with van der Waals surface area (Å²) in [6.07, 6.45) is 0.311. The Bertz CT molecular complexity index is 906. The number of benzene rings is 1. The zero-order chi connectivity index (χ0) is 20.0. The van der Waals surface area contributed by atoms with E-state index >= 15 is 0 Å². The summed E-state index contributed by atoms with van der Waals surface area (Å²) >= 11 is 11.9. The molecule has 1 unspecified atom stereocenters. The number of ether oxygens (including phenoxy) is 1. The monoisotopic (exact) mass is 409 g/mol. The lowest BCUT2D eigenvalue weighted by Gasteiger charge is -2.12. The van der Waals surface area contributed by atoms with Crippen LogP contribution in [0.3, 0.4) is 0 Å². The molecule has 1 saturated carbocycles. The van der Waals surface area contributed by atoms with Gasteiger partial charge in [0.2, 0.25) is 0 Å². The van der Waals surface area contributed by atoms with Crippen molar-refractivity contribution in [1.29, 1.82) is 0 Å². The molecular formula is C19H21Cl2N3O3. The van der Waals surface area contributed by atoms with Gasteiger partial charge >= 0.3 is 5.97 Å². The van der Waals surface area contributed by atoms with E-state index in [1.165, 1.54) is 0 Å². The topological polar surface area (TPSA) is 73.2 Å². The molecule has 1 aromatic carbocycles. The predicted octanol–water partition coefficient (Wildman–Crippen LogP) is 3.86. The first-order valence-corrected chi connectivity index (χ1v) is 9.29. The number of aryl methyl sites for hydroxylation is 2. The quantitative estimate of drug-likeness (QED) is 0.600. The van der Waals surface area contributed by atoms with Crippen molar-refractivity contribution in [2.24, 2.45) is 5.41 Å². The molecule has 1 N–H and O–H groups in total. The zero-order valence-electron chi connectivity index (χ0n) is 15.6. The van der Waals surface area contributed by atoms with Gasteiger partial charge in [0.1, 0.15) is 9.75 Å². The smallest absolute Gasteiger partial charge is 0.315 e. The summed E-state index contributed by atoms with van der Waals surface area (Å²) in [7, 11) is 0. The molecule has 0 bridgehead atoms. The standard InChI is InChI=1S/C19H21Cl2N3O3/c1-11-5-7-14(8-6-11)24-13(3)16(12(2)23-24)22-15(25)9-27-17(26)18(4)10-19(18,20)21/h5-8H,9-10H2,1-4H3,(H,22,25). The molecule has 0 saturated heterocycles. The molecule has 27 heavy (non-hydrogen) atoms. The summed E-state index contributed by atoms with van der Waals surface area (Å²) < 4.78 is 5.71. The van der Waals surface area contributed by atoms with Crippen molar-refractivity contribution in [2.75, 3.05) is 11.9 Å². The Hall–Kier alpha value is -2.05. The average Bonchev–Trinajstić information content (AvgIpc) is 3.02. The van der Waals surface area contributed by atoms with Crippen LogP contribution in [0.15, 0.2) is 24.3 Å². The van der Waals surface area contributed by atoms with E-state index in [1.54, 1.807) is 18.5 Å². The minimum absolute atomic E-state index is 0.311. The fraction of sp³-hybridized carbons (Fsp3) is 0.421. The van der Waals surface area contributed by atoms with Gasteiger partial charge in [-0.1, -0.05) is 17.7 Å². The van der Waals surface area contributed by atoms with E-state index in [9.17, 15) is 9.59 Å². The lowest BCUT2D eigenvalue weighted by molar-refractivity contribution is -0.152. The molecule has 1 atom stereocenters. The van der Waals surface area contributed by atoms with Gasteiger partial charge in [0, 0.05) is 6.42 Å². The lowest BCUT2D eigenvalue weighted by Crippen LogP contribution is -2.27. The van der Waals surface area contributed by atoms with Gasteiger partial charge in [0.25, 0.3) is 5.91 Å². The fourth-order valence-electron chi connectivity index (χ4n) is 2.85. The maximum absolute atomic E-state index is 12.2. The van der Waals surface area contributed by atoms with Gasteiger partial charge in [0.05, 0.1) is 22.8 Å². The second kappa shape index (κ2) is 6.84. The first kappa shape index (κ1) is 19.7. The zero-order valence-corrected chi connectivity index (χ0v) is 17.1. The average molecular weight is 410 g/mol. The highest BCUT2D eigenvalue weighted by molar-refractivity contribution is 6.53. The number of amides is 1. The first-order chi connectivity index (χ1) is 12.5.